The van der Waals surface area contributed by atoms with E-state index in [1.165, 1.54) is 0 Å². The van der Waals surface area contributed by atoms with Gasteiger partial charge in [-0.3, -0.25) is 11.3 Å². The Morgan fingerprint density at radius 2 is 2.10 bits per heavy atom. The van der Waals surface area contributed by atoms with Gasteiger partial charge >= 0.3 is 0 Å². The molecule has 62 valence electrons. The molecule has 0 spiro atoms. The van der Waals surface area contributed by atoms with Crippen LogP contribution in [0.2, 0.25) is 0 Å². The summed E-state index contributed by atoms with van der Waals surface area (Å²) in [5.41, 5.74) is 2.63. The van der Waals surface area contributed by atoms with Crippen molar-refractivity contribution in [2.75, 3.05) is 27.4 Å². The van der Waals surface area contributed by atoms with E-state index >= 15 is 0 Å². The predicted octanol–water partition coefficient (Wildman–Crippen LogP) is -0.499. The maximum atomic E-state index is 5.21. The van der Waals surface area contributed by atoms with E-state index in [0.29, 0.717) is 13.2 Å². The zero-order valence-electron chi connectivity index (χ0n) is 6.59. The summed E-state index contributed by atoms with van der Waals surface area (Å²) in [6.07, 6.45) is 0.876. The minimum absolute atomic E-state index is 0.199. The molecule has 0 aliphatic carbocycles. The maximum absolute atomic E-state index is 5.21. The smallest absolute Gasteiger partial charge is 0.0630 e. The summed E-state index contributed by atoms with van der Waals surface area (Å²) in [7, 11) is 3.32. The van der Waals surface area contributed by atoms with Crippen LogP contribution in [-0.4, -0.2) is 33.5 Å². The first-order valence-corrected chi connectivity index (χ1v) is 3.29. The number of hydrazine groups is 1. The Morgan fingerprint density at radius 3 is 2.50 bits per heavy atom. The van der Waals surface area contributed by atoms with Crippen molar-refractivity contribution >= 4 is 0 Å². The lowest BCUT2D eigenvalue weighted by Crippen LogP contribution is -2.39. The third kappa shape index (κ3) is 4.69. The lowest BCUT2D eigenvalue weighted by Gasteiger charge is -2.13. The molecule has 0 rings (SSSR count). The van der Waals surface area contributed by atoms with Crippen LogP contribution in [0.15, 0.2) is 0 Å². The standard InChI is InChI=1S/C6H16N2O2/c1-9-4-3-6(8-7)5-10-2/h6,8H,3-5,7H2,1-2H3. The molecule has 0 heterocycles. The second-order valence-electron chi connectivity index (χ2n) is 2.10. The highest BCUT2D eigenvalue weighted by Crippen LogP contribution is 1.90. The van der Waals surface area contributed by atoms with E-state index in [4.69, 9.17) is 15.3 Å². The number of hydrogen-bond donors (Lipinski definition) is 2. The SMILES string of the molecule is COCCC(COC)NN. The highest BCUT2D eigenvalue weighted by atomic mass is 16.5. The van der Waals surface area contributed by atoms with Gasteiger partial charge in [-0.05, 0) is 6.42 Å². The van der Waals surface area contributed by atoms with E-state index < -0.39 is 0 Å². The Morgan fingerprint density at radius 1 is 1.40 bits per heavy atom. The van der Waals surface area contributed by atoms with Crippen molar-refractivity contribution in [3.8, 4) is 0 Å². The molecule has 0 bridgehead atoms. The summed E-state index contributed by atoms with van der Waals surface area (Å²) in [6, 6.07) is 0.199. The van der Waals surface area contributed by atoms with Crippen molar-refractivity contribution in [2.45, 2.75) is 12.5 Å². The summed E-state index contributed by atoms with van der Waals surface area (Å²) in [6.45, 7) is 1.33. The summed E-state index contributed by atoms with van der Waals surface area (Å²) in [5, 5.41) is 0. The number of rotatable bonds is 6. The topological polar surface area (TPSA) is 56.5 Å². The van der Waals surface area contributed by atoms with Crippen LogP contribution in [0.3, 0.4) is 0 Å². The van der Waals surface area contributed by atoms with Gasteiger partial charge in [-0.1, -0.05) is 0 Å². The first kappa shape index (κ1) is 9.84. The van der Waals surface area contributed by atoms with Crippen LogP contribution >= 0.6 is 0 Å². The van der Waals surface area contributed by atoms with Gasteiger partial charge in [0.1, 0.15) is 0 Å². The lowest BCUT2D eigenvalue weighted by molar-refractivity contribution is 0.132. The van der Waals surface area contributed by atoms with E-state index in [1.807, 2.05) is 0 Å². The summed E-state index contributed by atoms with van der Waals surface area (Å²) in [4.78, 5) is 0. The molecule has 0 aromatic carbocycles. The molecule has 0 saturated carbocycles. The van der Waals surface area contributed by atoms with Crippen LogP contribution in [0.5, 0.6) is 0 Å². The van der Waals surface area contributed by atoms with Gasteiger partial charge in [-0.25, -0.2) is 0 Å². The molecule has 3 N–H and O–H groups in total. The van der Waals surface area contributed by atoms with Gasteiger partial charge in [0.05, 0.1) is 6.61 Å². The molecule has 0 aliphatic heterocycles. The Labute approximate surface area is 61.7 Å². The Hall–Kier alpha value is -0.160. The van der Waals surface area contributed by atoms with Crippen LogP contribution in [0.4, 0.5) is 0 Å². The third-order valence-corrected chi connectivity index (χ3v) is 1.27. The molecular formula is C6H16N2O2. The zero-order valence-corrected chi connectivity index (χ0v) is 6.59. The first-order valence-electron chi connectivity index (χ1n) is 3.29. The molecule has 0 amide bonds. The average molecular weight is 148 g/mol. The minimum atomic E-state index is 0.199. The highest BCUT2D eigenvalue weighted by molar-refractivity contribution is 4.60. The molecule has 0 aromatic rings. The van der Waals surface area contributed by atoms with Crippen molar-refractivity contribution in [1.29, 1.82) is 0 Å². The van der Waals surface area contributed by atoms with E-state index in [9.17, 15) is 0 Å². The van der Waals surface area contributed by atoms with Crippen LogP contribution in [0.25, 0.3) is 0 Å². The fourth-order valence-electron chi connectivity index (χ4n) is 0.676. The average Bonchev–Trinajstić information content (AvgIpc) is 1.98. The predicted molar refractivity (Wildman–Crippen MR) is 39.5 cm³/mol. The van der Waals surface area contributed by atoms with Crippen LogP contribution in [0.1, 0.15) is 6.42 Å². The van der Waals surface area contributed by atoms with Crippen LogP contribution in [-0.2, 0) is 9.47 Å². The van der Waals surface area contributed by atoms with Gasteiger partial charge in [0, 0.05) is 26.9 Å². The highest BCUT2D eigenvalue weighted by Gasteiger charge is 2.03. The fraction of sp³-hybridized carbons (Fsp3) is 1.00. The van der Waals surface area contributed by atoms with Crippen LogP contribution < -0.4 is 11.3 Å². The number of nitrogens with one attached hydrogen (secondary N) is 1. The second kappa shape index (κ2) is 6.95. The second-order valence-corrected chi connectivity index (χ2v) is 2.10. The van der Waals surface area contributed by atoms with Crippen molar-refractivity contribution in [3.05, 3.63) is 0 Å². The maximum Gasteiger partial charge on any atom is 0.0630 e. The Balaban J connectivity index is 3.21. The number of hydrogen-bond acceptors (Lipinski definition) is 4. The van der Waals surface area contributed by atoms with E-state index in [1.54, 1.807) is 14.2 Å². The lowest BCUT2D eigenvalue weighted by atomic mass is 10.2. The molecule has 0 aromatic heterocycles. The zero-order chi connectivity index (χ0) is 7.82. The quantitative estimate of drug-likeness (QED) is 0.394. The summed E-state index contributed by atoms with van der Waals surface area (Å²) >= 11 is 0. The molecular weight excluding hydrogens is 132 g/mol. The normalized spacial score (nSPS) is 13.5. The van der Waals surface area contributed by atoms with Crippen molar-refractivity contribution in [1.82, 2.24) is 5.43 Å². The largest absolute Gasteiger partial charge is 0.385 e. The van der Waals surface area contributed by atoms with Gasteiger partial charge in [0.2, 0.25) is 0 Å². The monoisotopic (exact) mass is 148 g/mol. The van der Waals surface area contributed by atoms with Crippen molar-refractivity contribution in [3.63, 3.8) is 0 Å². The van der Waals surface area contributed by atoms with Gasteiger partial charge in [-0.15, -0.1) is 0 Å². The van der Waals surface area contributed by atoms with Gasteiger partial charge in [-0.2, -0.15) is 0 Å². The number of ether oxygens (including phenoxy) is 2. The molecule has 0 radical (unpaired) electrons. The van der Waals surface area contributed by atoms with Crippen molar-refractivity contribution in [2.24, 2.45) is 5.84 Å². The Bertz CT molecular complexity index is 70.8. The summed E-state index contributed by atoms with van der Waals surface area (Å²) < 4.78 is 9.76. The van der Waals surface area contributed by atoms with E-state index in [2.05, 4.69) is 5.43 Å². The molecule has 0 saturated heterocycles. The number of nitrogens with two attached hydrogens (primary N) is 1. The Kier molecular flexibility index (Phi) is 6.84. The van der Waals surface area contributed by atoms with E-state index in [0.717, 1.165) is 6.42 Å². The first-order chi connectivity index (χ1) is 4.85. The fourth-order valence-corrected chi connectivity index (χ4v) is 0.676. The minimum Gasteiger partial charge on any atom is -0.385 e. The van der Waals surface area contributed by atoms with Crippen LogP contribution in [0, 0.1) is 0 Å². The van der Waals surface area contributed by atoms with Gasteiger partial charge in [0.15, 0.2) is 0 Å². The summed E-state index contributed by atoms with van der Waals surface area (Å²) in [5.74, 6) is 5.21. The molecule has 4 heteroatoms. The van der Waals surface area contributed by atoms with Gasteiger partial charge < -0.3 is 9.47 Å². The molecule has 0 aliphatic rings. The molecule has 4 nitrogen and oxygen atoms in total. The molecule has 1 atom stereocenters. The number of methoxy groups -OCH3 is 2. The molecule has 1 unspecified atom stereocenters. The van der Waals surface area contributed by atoms with Gasteiger partial charge in [0.25, 0.3) is 0 Å². The van der Waals surface area contributed by atoms with Crippen molar-refractivity contribution < 1.29 is 9.47 Å². The molecule has 10 heavy (non-hydrogen) atoms. The third-order valence-electron chi connectivity index (χ3n) is 1.27. The molecule has 0 fully saturated rings. The van der Waals surface area contributed by atoms with E-state index in [-0.39, 0.29) is 6.04 Å².